The average Bonchev–Trinajstić information content (AvgIpc) is 2.91. The van der Waals surface area contributed by atoms with E-state index in [1.807, 2.05) is 12.1 Å². The number of aryl methyl sites for hydroxylation is 1. The Morgan fingerprint density at radius 2 is 1.56 bits per heavy atom. The van der Waals surface area contributed by atoms with Crippen molar-refractivity contribution in [3.63, 3.8) is 0 Å². The van der Waals surface area contributed by atoms with Crippen LogP contribution in [0.4, 0.5) is 10.5 Å². The molecule has 0 bridgehead atoms. The minimum atomic E-state index is -0.491. The van der Waals surface area contributed by atoms with Crippen LogP contribution in [-0.4, -0.2) is 18.8 Å². The minimum absolute atomic E-state index is 0.110. The normalized spacial score (nSPS) is 17.9. The number of ether oxygens (including phenoxy) is 3. The fourth-order valence-electron chi connectivity index (χ4n) is 6.10. The van der Waals surface area contributed by atoms with Gasteiger partial charge in [0.1, 0.15) is 22.8 Å². The molecule has 3 atom stereocenters. The van der Waals surface area contributed by atoms with Gasteiger partial charge in [0.05, 0.1) is 7.11 Å². The van der Waals surface area contributed by atoms with E-state index in [0.717, 1.165) is 65.4 Å². The van der Waals surface area contributed by atoms with Crippen molar-refractivity contribution in [3.8, 4) is 17.2 Å². The summed E-state index contributed by atoms with van der Waals surface area (Å²) in [6, 6.07) is 9.47. The summed E-state index contributed by atoms with van der Waals surface area (Å²) in [5.74, 6) is 5.10. The molecule has 0 radical (unpaired) electrons. The number of carbonyl (C=O) groups excluding carboxylic acids is 1. The van der Waals surface area contributed by atoms with Crippen molar-refractivity contribution in [2.75, 3.05) is 12.4 Å². The average molecular weight is 566 g/mol. The summed E-state index contributed by atoms with van der Waals surface area (Å²) in [4.78, 5) is 11.4. The number of rotatable bonds is 15. The van der Waals surface area contributed by atoms with Crippen molar-refractivity contribution < 1.29 is 19.0 Å². The van der Waals surface area contributed by atoms with E-state index in [9.17, 15) is 4.79 Å². The number of nitrogens with one attached hydrogen (secondary N) is 1. The Morgan fingerprint density at radius 3 is 2.17 bits per heavy atom. The third-order valence-corrected chi connectivity index (χ3v) is 8.84. The third-order valence-electron chi connectivity index (χ3n) is 8.84. The summed E-state index contributed by atoms with van der Waals surface area (Å²) in [5.41, 5.74) is 4.01. The molecule has 3 unspecified atom stereocenters. The second kappa shape index (κ2) is 15.5. The van der Waals surface area contributed by atoms with Crippen molar-refractivity contribution in [1.82, 2.24) is 0 Å². The summed E-state index contributed by atoms with van der Waals surface area (Å²) in [6.07, 6.45) is 13.4. The number of benzene rings is 2. The first-order chi connectivity index (χ1) is 19.5. The van der Waals surface area contributed by atoms with Crippen LogP contribution in [0.25, 0.3) is 0 Å². The lowest BCUT2D eigenvalue weighted by Crippen LogP contribution is -2.36. The van der Waals surface area contributed by atoms with Crippen LogP contribution in [-0.2, 0) is 11.2 Å². The van der Waals surface area contributed by atoms with Crippen LogP contribution in [0.3, 0.4) is 0 Å². The van der Waals surface area contributed by atoms with Gasteiger partial charge < -0.3 is 14.2 Å². The van der Waals surface area contributed by atoms with E-state index in [-0.39, 0.29) is 5.60 Å². The standard InChI is InChI=1S/C36H55NO4/c1-25(2)12-9-13-26(3)14-10-15-27(4)16-11-22-36(7)23-21-32-29(6)34(28(5)24-33(32)41-36)40-31-19-17-30(18-20-31)37-35(38)39-8/h17-20,24-27H,9-16,21-23H2,1-8H3,(H,37,38). The number of hydrogen-bond acceptors (Lipinski definition) is 4. The lowest BCUT2D eigenvalue weighted by atomic mass is 9.85. The summed E-state index contributed by atoms with van der Waals surface area (Å²) < 4.78 is 17.7. The van der Waals surface area contributed by atoms with Crippen molar-refractivity contribution in [2.45, 2.75) is 125 Å². The Balaban J connectivity index is 1.48. The zero-order valence-electron chi connectivity index (χ0n) is 27.0. The van der Waals surface area contributed by atoms with Gasteiger partial charge in [0.25, 0.3) is 0 Å². The smallest absolute Gasteiger partial charge is 0.411 e. The first-order valence-corrected chi connectivity index (χ1v) is 15.9. The zero-order chi connectivity index (χ0) is 30.0. The van der Waals surface area contributed by atoms with E-state index in [4.69, 9.17) is 9.47 Å². The maximum Gasteiger partial charge on any atom is 0.411 e. The van der Waals surface area contributed by atoms with E-state index in [1.54, 1.807) is 12.1 Å². The van der Waals surface area contributed by atoms with Crippen molar-refractivity contribution in [1.29, 1.82) is 0 Å². The van der Waals surface area contributed by atoms with E-state index in [1.165, 1.54) is 64.0 Å². The molecule has 2 aromatic rings. The van der Waals surface area contributed by atoms with Gasteiger partial charge in [-0.15, -0.1) is 0 Å². The SMILES string of the molecule is COC(=O)Nc1ccc(Oc2c(C)cc3c(c2C)CCC(C)(CCCC(C)CCCC(C)CCCC(C)C)O3)cc1. The summed E-state index contributed by atoms with van der Waals surface area (Å²) in [6.45, 7) is 16.0. The molecule has 0 spiro atoms. The van der Waals surface area contributed by atoms with Crippen molar-refractivity contribution in [2.24, 2.45) is 17.8 Å². The zero-order valence-corrected chi connectivity index (χ0v) is 27.0. The number of carbonyl (C=O) groups is 1. The van der Waals surface area contributed by atoms with Gasteiger partial charge in [-0.1, -0.05) is 72.6 Å². The lowest BCUT2D eigenvalue weighted by molar-refractivity contribution is 0.0520. The number of methoxy groups -OCH3 is 1. The predicted molar refractivity (Wildman–Crippen MR) is 171 cm³/mol. The largest absolute Gasteiger partial charge is 0.487 e. The van der Waals surface area contributed by atoms with Crippen LogP contribution in [0.5, 0.6) is 17.2 Å². The van der Waals surface area contributed by atoms with Gasteiger partial charge in [-0.05, 0) is 106 Å². The molecular formula is C36H55NO4. The first kappa shape index (κ1) is 32.8. The fraction of sp³-hybridized carbons (Fsp3) is 0.639. The number of hydrogen-bond donors (Lipinski definition) is 1. The molecule has 1 amide bonds. The predicted octanol–water partition coefficient (Wildman–Crippen LogP) is 10.8. The Kier molecular flexibility index (Phi) is 12.4. The number of anilines is 1. The Hall–Kier alpha value is -2.69. The van der Waals surface area contributed by atoms with Gasteiger partial charge in [0.15, 0.2) is 0 Å². The van der Waals surface area contributed by atoms with Gasteiger partial charge in [0.2, 0.25) is 0 Å². The molecule has 1 heterocycles. The Bertz CT molecular complexity index is 1110. The van der Waals surface area contributed by atoms with Gasteiger partial charge in [-0.2, -0.15) is 0 Å². The molecule has 5 nitrogen and oxygen atoms in total. The Labute approximate surface area is 249 Å². The van der Waals surface area contributed by atoms with Crippen LogP contribution in [0, 0.1) is 31.6 Å². The molecule has 0 saturated carbocycles. The second-order valence-electron chi connectivity index (χ2n) is 13.3. The molecule has 228 valence electrons. The van der Waals surface area contributed by atoms with Gasteiger partial charge in [-0.3, -0.25) is 5.32 Å². The molecular weight excluding hydrogens is 510 g/mol. The van der Waals surface area contributed by atoms with Gasteiger partial charge in [-0.25, -0.2) is 4.79 Å². The first-order valence-electron chi connectivity index (χ1n) is 15.9. The molecule has 1 aliphatic rings. The summed E-state index contributed by atoms with van der Waals surface area (Å²) >= 11 is 0. The molecule has 2 aromatic carbocycles. The van der Waals surface area contributed by atoms with E-state index < -0.39 is 6.09 Å². The van der Waals surface area contributed by atoms with Crippen molar-refractivity contribution in [3.05, 3.63) is 47.0 Å². The maximum absolute atomic E-state index is 11.4. The molecule has 3 rings (SSSR count). The van der Waals surface area contributed by atoms with Gasteiger partial charge >= 0.3 is 6.09 Å². The van der Waals surface area contributed by atoms with E-state index >= 15 is 0 Å². The van der Waals surface area contributed by atoms with E-state index in [2.05, 4.69) is 64.6 Å². The number of amides is 1. The topological polar surface area (TPSA) is 56.8 Å². The van der Waals surface area contributed by atoms with Crippen LogP contribution in [0.2, 0.25) is 0 Å². The molecule has 0 aromatic heterocycles. The quantitative estimate of drug-likeness (QED) is 0.233. The Morgan fingerprint density at radius 1 is 0.951 bits per heavy atom. The van der Waals surface area contributed by atoms with Crippen molar-refractivity contribution >= 4 is 11.8 Å². The maximum atomic E-state index is 11.4. The summed E-state index contributed by atoms with van der Waals surface area (Å²) in [7, 11) is 1.35. The fourth-order valence-corrected chi connectivity index (χ4v) is 6.10. The highest BCUT2D eigenvalue weighted by Crippen LogP contribution is 2.43. The van der Waals surface area contributed by atoms with E-state index in [0.29, 0.717) is 5.69 Å². The molecule has 0 saturated heterocycles. The molecule has 5 heteroatoms. The highest BCUT2D eigenvalue weighted by Gasteiger charge is 2.33. The highest BCUT2D eigenvalue weighted by molar-refractivity contribution is 5.84. The van der Waals surface area contributed by atoms with Crippen LogP contribution < -0.4 is 14.8 Å². The summed E-state index contributed by atoms with van der Waals surface area (Å²) in [5, 5.41) is 2.66. The second-order valence-corrected chi connectivity index (χ2v) is 13.3. The number of fused-ring (bicyclic) bond motifs is 1. The molecule has 0 aliphatic carbocycles. The van der Waals surface area contributed by atoms with Crippen LogP contribution in [0.15, 0.2) is 30.3 Å². The van der Waals surface area contributed by atoms with Crippen LogP contribution in [0.1, 0.15) is 116 Å². The monoisotopic (exact) mass is 565 g/mol. The van der Waals surface area contributed by atoms with Gasteiger partial charge in [0, 0.05) is 11.3 Å². The lowest BCUT2D eigenvalue weighted by Gasteiger charge is -2.37. The molecule has 1 N–H and O–H groups in total. The highest BCUT2D eigenvalue weighted by atomic mass is 16.5. The molecule has 0 fully saturated rings. The third kappa shape index (κ3) is 10.3. The van der Waals surface area contributed by atoms with Crippen LogP contribution >= 0.6 is 0 Å². The molecule has 41 heavy (non-hydrogen) atoms. The molecule has 1 aliphatic heterocycles. The minimum Gasteiger partial charge on any atom is -0.487 e.